The minimum absolute atomic E-state index is 0.0648. The molecule has 1 aliphatic heterocycles. The number of carbonyl (C=O) groups is 1. The molecule has 19 heavy (non-hydrogen) atoms. The van der Waals surface area contributed by atoms with Crippen molar-refractivity contribution in [3.05, 3.63) is 30.1 Å². The Kier molecular flexibility index (Phi) is 4.91. The quantitative estimate of drug-likeness (QED) is 0.909. The third kappa shape index (κ3) is 3.77. The van der Waals surface area contributed by atoms with Gasteiger partial charge >= 0.3 is 0 Å². The lowest BCUT2D eigenvalue weighted by Crippen LogP contribution is -2.41. The Morgan fingerprint density at radius 2 is 2.16 bits per heavy atom. The molecule has 1 N–H and O–H groups in total. The van der Waals surface area contributed by atoms with Gasteiger partial charge in [-0.05, 0) is 38.3 Å². The molecule has 2 heterocycles. The van der Waals surface area contributed by atoms with Gasteiger partial charge in [-0.25, -0.2) is 0 Å². The smallest absolute Gasteiger partial charge is 0.254 e. The number of amides is 1. The van der Waals surface area contributed by atoms with E-state index in [0.29, 0.717) is 12.0 Å². The van der Waals surface area contributed by atoms with Crippen LogP contribution in [0, 0.1) is 0 Å². The van der Waals surface area contributed by atoms with Crippen molar-refractivity contribution < 1.29 is 9.90 Å². The van der Waals surface area contributed by atoms with Crippen LogP contribution in [0.5, 0.6) is 0 Å². The maximum Gasteiger partial charge on any atom is 0.254 e. The van der Waals surface area contributed by atoms with E-state index >= 15 is 0 Å². The van der Waals surface area contributed by atoms with Gasteiger partial charge in [0.2, 0.25) is 0 Å². The minimum Gasteiger partial charge on any atom is -0.393 e. The number of carbonyl (C=O) groups excluding carboxylic acids is 1. The number of aliphatic hydroxyl groups is 1. The molecule has 1 aromatic rings. The molecule has 1 aliphatic rings. The number of nitrogens with zero attached hydrogens (tertiary/aromatic N) is 2. The summed E-state index contributed by atoms with van der Waals surface area (Å²) in [5.41, 5.74) is 0.687. The van der Waals surface area contributed by atoms with E-state index in [9.17, 15) is 9.90 Å². The van der Waals surface area contributed by atoms with E-state index in [-0.39, 0.29) is 18.1 Å². The summed E-state index contributed by atoms with van der Waals surface area (Å²) in [6.45, 7) is 2.58. The van der Waals surface area contributed by atoms with Crippen LogP contribution >= 0.6 is 0 Å². The summed E-state index contributed by atoms with van der Waals surface area (Å²) in [5.74, 6) is 0.0648. The molecular weight excluding hydrogens is 240 g/mol. The fraction of sp³-hybridized carbons (Fsp3) is 0.600. The molecule has 104 valence electrons. The fourth-order valence-corrected chi connectivity index (χ4v) is 2.74. The number of hydrogen-bond acceptors (Lipinski definition) is 3. The van der Waals surface area contributed by atoms with Crippen molar-refractivity contribution in [1.29, 1.82) is 0 Å². The Hall–Kier alpha value is -1.42. The molecular formula is C15H22N2O2. The van der Waals surface area contributed by atoms with Crippen molar-refractivity contribution in [2.75, 3.05) is 6.54 Å². The maximum absolute atomic E-state index is 12.6. The lowest BCUT2D eigenvalue weighted by atomic mass is 10.0. The first-order valence-electron chi connectivity index (χ1n) is 7.07. The summed E-state index contributed by atoms with van der Waals surface area (Å²) < 4.78 is 0. The second-order valence-corrected chi connectivity index (χ2v) is 5.32. The van der Waals surface area contributed by atoms with Crippen LogP contribution in [0.2, 0.25) is 0 Å². The second-order valence-electron chi connectivity index (χ2n) is 5.32. The topological polar surface area (TPSA) is 53.4 Å². The van der Waals surface area contributed by atoms with Crippen LogP contribution in [0.25, 0.3) is 0 Å². The molecule has 4 heteroatoms. The Bertz CT molecular complexity index is 406. The van der Waals surface area contributed by atoms with E-state index in [1.807, 2.05) is 4.90 Å². The zero-order valence-electron chi connectivity index (χ0n) is 11.5. The lowest BCUT2D eigenvalue weighted by Gasteiger charge is -2.31. The molecule has 1 aromatic heterocycles. The molecule has 0 radical (unpaired) electrons. The van der Waals surface area contributed by atoms with E-state index < -0.39 is 0 Å². The second kappa shape index (κ2) is 6.66. The van der Waals surface area contributed by atoms with Crippen LogP contribution in [0.3, 0.4) is 0 Å². The first kappa shape index (κ1) is 14.0. The van der Waals surface area contributed by atoms with Crippen LogP contribution in [0.15, 0.2) is 24.5 Å². The molecule has 0 aliphatic carbocycles. The van der Waals surface area contributed by atoms with Gasteiger partial charge in [0.05, 0.1) is 6.10 Å². The first-order valence-corrected chi connectivity index (χ1v) is 7.07. The molecule has 0 spiro atoms. The molecule has 1 fully saturated rings. The summed E-state index contributed by atoms with van der Waals surface area (Å²) in [5, 5.41) is 9.62. The van der Waals surface area contributed by atoms with Crippen molar-refractivity contribution in [2.45, 2.75) is 51.2 Å². The van der Waals surface area contributed by atoms with Crippen LogP contribution in [0.1, 0.15) is 49.4 Å². The van der Waals surface area contributed by atoms with Crippen LogP contribution in [-0.4, -0.2) is 39.6 Å². The van der Waals surface area contributed by atoms with Gasteiger partial charge < -0.3 is 10.0 Å². The third-order valence-corrected chi connectivity index (χ3v) is 3.68. The molecule has 0 aromatic carbocycles. The number of rotatable bonds is 3. The standard InChI is InChI=1S/C15H22N2O2/c1-12(18)11-14-5-3-2-4-10-17(14)15(19)13-6-8-16-9-7-13/h6-9,12,14,18H,2-5,10-11H2,1H3. The average Bonchev–Trinajstić information content (AvgIpc) is 2.64. The fourth-order valence-electron chi connectivity index (χ4n) is 2.74. The number of aromatic nitrogens is 1. The number of likely N-dealkylation sites (tertiary alicyclic amines) is 1. The van der Waals surface area contributed by atoms with Gasteiger partial charge in [-0.3, -0.25) is 9.78 Å². The molecule has 4 nitrogen and oxygen atoms in total. The van der Waals surface area contributed by atoms with Gasteiger partial charge in [0.25, 0.3) is 5.91 Å². The Morgan fingerprint density at radius 1 is 1.42 bits per heavy atom. The summed E-state index contributed by atoms with van der Waals surface area (Å²) in [6, 6.07) is 3.67. The van der Waals surface area contributed by atoms with Crippen molar-refractivity contribution >= 4 is 5.91 Å². The minimum atomic E-state index is -0.365. The third-order valence-electron chi connectivity index (χ3n) is 3.68. The van der Waals surface area contributed by atoms with Crippen molar-refractivity contribution in [1.82, 2.24) is 9.88 Å². The SMILES string of the molecule is CC(O)CC1CCCCCN1C(=O)c1ccncc1. The largest absolute Gasteiger partial charge is 0.393 e. The van der Waals surface area contributed by atoms with Crippen LogP contribution in [-0.2, 0) is 0 Å². The number of hydrogen-bond donors (Lipinski definition) is 1. The van der Waals surface area contributed by atoms with Crippen LogP contribution < -0.4 is 0 Å². The van der Waals surface area contributed by atoms with E-state index in [2.05, 4.69) is 4.98 Å². The molecule has 0 bridgehead atoms. The normalized spacial score (nSPS) is 21.8. The van der Waals surface area contributed by atoms with E-state index in [1.54, 1.807) is 31.5 Å². The highest BCUT2D eigenvalue weighted by molar-refractivity contribution is 5.94. The summed E-state index contributed by atoms with van der Waals surface area (Å²) in [4.78, 5) is 18.4. The molecule has 2 unspecified atom stereocenters. The van der Waals surface area contributed by atoms with Gasteiger partial charge in [0.15, 0.2) is 0 Å². The van der Waals surface area contributed by atoms with Gasteiger partial charge in [0.1, 0.15) is 0 Å². The van der Waals surface area contributed by atoms with Crippen LogP contribution in [0.4, 0.5) is 0 Å². The predicted octanol–water partition coefficient (Wildman–Crippen LogP) is 2.24. The van der Waals surface area contributed by atoms with Crippen molar-refractivity contribution in [3.8, 4) is 0 Å². The Morgan fingerprint density at radius 3 is 2.84 bits per heavy atom. The molecule has 1 saturated heterocycles. The molecule has 2 atom stereocenters. The zero-order valence-corrected chi connectivity index (χ0v) is 11.5. The molecule has 0 saturated carbocycles. The van der Waals surface area contributed by atoms with Gasteiger partial charge in [-0.2, -0.15) is 0 Å². The average molecular weight is 262 g/mol. The number of aliphatic hydroxyl groups excluding tert-OH is 1. The van der Waals surface area contributed by atoms with E-state index in [4.69, 9.17) is 0 Å². The van der Waals surface area contributed by atoms with Crippen molar-refractivity contribution in [3.63, 3.8) is 0 Å². The van der Waals surface area contributed by atoms with Crippen molar-refractivity contribution in [2.24, 2.45) is 0 Å². The monoisotopic (exact) mass is 262 g/mol. The van der Waals surface area contributed by atoms with E-state index in [0.717, 1.165) is 32.2 Å². The van der Waals surface area contributed by atoms with Gasteiger partial charge in [-0.1, -0.05) is 12.8 Å². The van der Waals surface area contributed by atoms with E-state index in [1.165, 1.54) is 0 Å². The maximum atomic E-state index is 12.6. The Labute approximate surface area is 114 Å². The summed E-state index contributed by atoms with van der Waals surface area (Å²) in [7, 11) is 0. The first-order chi connectivity index (χ1) is 9.18. The van der Waals surface area contributed by atoms with Gasteiger partial charge in [-0.15, -0.1) is 0 Å². The van der Waals surface area contributed by atoms with Gasteiger partial charge in [0, 0.05) is 30.5 Å². The highest BCUT2D eigenvalue weighted by Gasteiger charge is 2.27. The zero-order chi connectivity index (χ0) is 13.7. The summed E-state index contributed by atoms with van der Waals surface area (Å²) in [6.07, 6.45) is 7.93. The lowest BCUT2D eigenvalue weighted by molar-refractivity contribution is 0.0607. The highest BCUT2D eigenvalue weighted by atomic mass is 16.3. The predicted molar refractivity (Wildman–Crippen MR) is 73.8 cm³/mol. The molecule has 1 amide bonds. The molecule has 2 rings (SSSR count). The Balaban J connectivity index is 2.15. The highest BCUT2D eigenvalue weighted by Crippen LogP contribution is 2.22. The number of pyridine rings is 1. The summed E-state index contributed by atoms with van der Waals surface area (Å²) >= 11 is 0.